The molecule has 4 atom stereocenters. The number of benzene rings is 1. The molecule has 3 N–H and O–H groups in total. The van der Waals surface area contributed by atoms with Crippen molar-refractivity contribution in [2.24, 2.45) is 11.8 Å². The van der Waals surface area contributed by atoms with E-state index in [4.69, 9.17) is 10.5 Å². The highest BCUT2D eigenvalue weighted by molar-refractivity contribution is 7.16. The van der Waals surface area contributed by atoms with Crippen molar-refractivity contribution >= 4 is 44.7 Å². The van der Waals surface area contributed by atoms with E-state index in [1.165, 1.54) is 6.20 Å². The minimum atomic E-state index is -0.617. The van der Waals surface area contributed by atoms with Crippen molar-refractivity contribution < 1.29 is 14.3 Å². The topological polar surface area (TPSA) is 107 Å². The van der Waals surface area contributed by atoms with Gasteiger partial charge in [-0.05, 0) is 74.3 Å². The predicted octanol–water partition coefficient (Wildman–Crippen LogP) is 4.97. The number of carbonyl (C=O) groups excluding carboxylic acids is 2. The first-order valence-electron chi connectivity index (χ1n) is 11.8. The van der Waals surface area contributed by atoms with Gasteiger partial charge in [-0.3, -0.25) is 9.59 Å². The number of nitrogens with two attached hydrogens (primary N) is 1. The molecule has 1 amide bonds. The van der Waals surface area contributed by atoms with Crippen molar-refractivity contribution in [1.82, 2.24) is 9.97 Å². The average molecular weight is 481 g/mol. The summed E-state index contributed by atoms with van der Waals surface area (Å²) in [5.74, 6) is -0.998. The Balaban J connectivity index is 1.61. The highest BCUT2D eigenvalue weighted by Gasteiger charge is 2.42. The third kappa shape index (κ3) is 5.13. The Hall–Kier alpha value is -2.84. The van der Waals surface area contributed by atoms with E-state index in [-0.39, 0.29) is 24.0 Å². The van der Waals surface area contributed by atoms with Gasteiger partial charge in [0.25, 0.3) is 5.91 Å². The van der Waals surface area contributed by atoms with Gasteiger partial charge in [-0.2, -0.15) is 0 Å². The third-order valence-electron chi connectivity index (χ3n) is 6.66. The van der Waals surface area contributed by atoms with Gasteiger partial charge in [-0.15, -0.1) is 11.3 Å². The van der Waals surface area contributed by atoms with E-state index in [0.29, 0.717) is 30.8 Å². The molecule has 2 heterocycles. The SMILES string of the molecule is CCc1cc(NC(=O)C(=O)C2C[C@H](C)[C@H](OC(C)C)C[C@H]2c2ccc3scnc3c2)cnc1N. The molecule has 0 saturated heterocycles. The van der Waals surface area contributed by atoms with E-state index in [9.17, 15) is 9.59 Å². The molecule has 1 aliphatic rings. The fourth-order valence-electron chi connectivity index (χ4n) is 4.90. The predicted molar refractivity (Wildman–Crippen MR) is 136 cm³/mol. The minimum Gasteiger partial charge on any atom is -0.383 e. The minimum absolute atomic E-state index is 0.0247. The lowest BCUT2D eigenvalue weighted by atomic mass is 9.68. The molecule has 1 aromatic carbocycles. The van der Waals surface area contributed by atoms with Crippen molar-refractivity contribution in [3.63, 3.8) is 0 Å². The molecule has 8 heteroatoms. The molecule has 1 unspecified atom stereocenters. The van der Waals surface area contributed by atoms with Gasteiger partial charge < -0.3 is 15.8 Å². The van der Waals surface area contributed by atoms with Crippen LogP contribution in [0.3, 0.4) is 0 Å². The zero-order valence-electron chi connectivity index (χ0n) is 20.1. The summed E-state index contributed by atoms with van der Waals surface area (Å²) < 4.78 is 7.31. The number of ether oxygens (including phenoxy) is 1. The summed E-state index contributed by atoms with van der Waals surface area (Å²) in [5.41, 5.74) is 11.0. The number of Topliss-reactive ketones (excluding diaryl/α,β-unsaturated/α-hetero) is 1. The van der Waals surface area contributed by atoms with Gasteiger partial charge in [-0.25, -0.2) is 9.97 Å². The smallest absolute Gasteiger partial charge is 0.292 e. The first-order valence-corrected chi connectivity index (χ1v) is 12.7. The third-order valence-corrected chi connectivity index (χ3v) is 7.47. The van der Waals surface area contributed by atoms with Crippen LogP contribution < -0.4 is 11.1 Å². The van der Waals surface area contributed by atoms with Crippen molar-refractivity contribution in [3.05, 3.63) is 47.1 Å². The van der Waals surface area contributed by atoms with Gasteiger partial charge in [0.2, 0.25) is 5.78 Å². The number of nitrogens with one attached hydrogen (secondary N) is 1. The number of anilines is 2. The Kier molecular flexibility index (Phi) is 7.28. The zero-order chi connectivity index (χ0) is 24.4. The second kappa shape index (κ2) is 10.2. The maximum absolute atomic E-state index is 13.5. The first kappa shape index (κ1) is 24.3. The number of nitrogens with zero attached hydrogens (tertiary/aromatic N) is 2. The number of carbonyl (C=O) groups is 2. The van der Waals surface area contributed by atoms with E-state index in [1.54, 1.807) is 17.4 Å². The number of amides is 1. The Labute approximate surface area is 204 Å². The monoisotopic (exact) mass is 480 g/mol. The number of ketones is 1. The molecule has 7 nitrogen and oxygen atoms in total. The maximum Gasteiger partial charge on any atom is 0.292 e. The highest BCUT2D eigenvalue weighted by Crippen LogP contribution is 2.43. The molecule has 180 valence electrons. The Morgan fingerprint density at radius 1 is 1.24 bits per heavy atom. The number of hydrogen-bond donors (Lipinski definition) is 2. The van der Waals surface area contributed by atoms with E-state index >= 15 is 0 Å². The second-order valence-corrected chi connectivity index (χ2v) is 10.3. The van der Waals surface area contributed by atoms with Crippen LogP contribution in [0.1, 0.15) is 57.6 Å². The number of pyridine rings is 1. The molecule has 2 aromatic heterocycles. The molecule has 0 radical (unpaired) electrons. The van der Waals surface area contributed by atoms with Crippen molar-refractivity contribution in [2.45, 2.75) is 65.1 Å². The van der Waals surface area contributed by atoms with E-state index in [2.05, 4.69) is 34.3 Å². The molecule has 1 saturated carbocycles. The van der Waals surface area contributed by atoms with Crippen LogP contribution in [0.15, 0.2) is 36.0 Å². The second-order valence-electron chi connectivity index (χ2n) is 9.40. The van der Waals surface area contributed by atoms with Crippen LogP contribution in [0.2, 0.25) is 0 Å². The summed E-state index contributed by atoms with van der Waals surface area (Å²) in [6.45, 7) is 8.12. The molecule has 1 fully saturated rings. The summed E-state index contributed by atoms with van der Waals surface area (Å²) in [6.07, 6.45) is 3.57. The highest BCUT2D eigenvalue weighted by atomic mass is 32.1. The number of fused-ring (bicyclic) bond motifs is 1. The van der Waals surface area contributed by atoms with Gasteiger partial charge in [0.15, 0.2) is 0 Å². The van der Waals surface area contributed by atoms with Crippen LogP contribution in [0.5, 0.6) is 0 Å². The van der Waals surface area contributed by atoms with Crippen LogP contribution in [-0.2, 0) is 20.7 Å². The summed E-state index contributed by atoms with van der Waals surface area (Å²) in [5, 5.41) is 2.75. The zero-order valence-corrected chi connectivity index (χ0v) is 20.9. The first-order chi connectivity index (χ1) is 16.3. The van der Waals surface area contributed by atoms with Crippen LogP contribution in [0, 0.1) is 11.8 Å². The summed E-state index contributed by atoms with van der Waals surface area (Å²) in [4.78, 5) is 35.1. The summed E-state index contributed by atoms with van der Waals surface area (Å²) in [6, 6.07) is 7.93. The molecule has 0 aliphatic heterocycles. The summed E-state index contributed by atoms with van der Waals surface area (Å²) in [7, 11) is 0. The Morgan fingerprint density at radius 2 is 2.03 bits per heavy atom. The summed E-state index contributed by atoms with van der Waals surface area (Å²) >= 11 is 1.59. The average Bonchev–Trinajstić information content (AvgIpc) is 3.28. The Morgan fingerprint density at radius 3 is 2.76 bits per heavy atom. The molecule has 4 rings (SSSR count). The lowest BCUT2D eigenvalue weighted by Gasteiger charge is -2.40. The fourth-order valence-corrected chi connectivity index (χ4v) is 5.56. The van der Waals surface area contributed by atoms with Crippen molar-refractivity contribution in [1.29, 1.82) is 0 Å². The number of thiazole rings is 1. The van der Waals surface area contributed by atoms with Crippen molar-refractivity contribution in [3.8, 4) is 0 Å². The number of rotatable bonds is 7. The van der Waals surface area contributed by atoms with E-state index in [0.717, 1.165) is 21.3 Å². The van der Waals surface area contributed by atoms with Gasteiger partial charge in [0, 0.05) is 5.92 Å². The quantitative estimate of drug-likeness (QED) is 0.463. The molecule has 1 aliphatic carbocycles. The van der Waals surface area contributed by atoms with Gasteiger partial charge in [-0.1, -0.05) is 19.9 Å². The van der Waals surface area contributed by atoms with Gasteiger partial charge >= 0.3 is 0 Å². The van der Waals surface area contributed by atoms with Crippen LogP contribution in [0.4, 0.5) is 11.5 Å². The van der Waals surface area contributed by atoms with Crippen LogP contribution in [0.25, 0.3) is 10.2 Å². The van der Waals surface area contributed by atoms with Crippen LogP contribution in [-0.4, -0.2) is 33.9 Å². The molecule has 0 spiro atoms. The van der Waals surface area contributed by atoms with E-state index in [1.807, 2.05) is 32.3 Å². The van der Waals surface area contributed by atoms with Crippen molar-refractivity contribution in [2.75, 3.05) is 11.1 Å². The Bertz CT molecular complexity index is 1190. The lowest BCUT2D eigenvalue weighted by Crippen LogP contribution is -2.42. The number of nitrogen functional groups attached to an aromatic ring is 1. The molecular formula is C26H32N4O3S. The standard InChI is InChI=1S/C26H32N4O3S/c1-5-16-9-18(12-28-25(16)27)30-26(32)24(31)20-8-15(4)22(33-14(2)3)11-19(20)17-6-7-23-21(10-17)29-13-34-23/h6-7,9-10,12-15,19-20,22H,5,8,11H2,1-4H3,(H2,27,28)(H,30,32)/t15-,19-,20?,22+/m0/s1. The normalized spacial score (nSPS) is 22.7. The molecule has 0 bridgehead atoms. The molecule has 34 heavy (non-hydrogen) atoms. The lowest BCUT2D eigenvalue weighted by molar-refractivity contribution is -0.140. The number of aromatic nitrogens is 2. The van der Waals surface area contributed by atoms with E-state index < -0.39 is 17.6 Å². The van der Waals surface area contributed by atoms with Gasteiger partial charge in [0.05, 0.1) is 39.8 Å². The number of aryl methyl sites for hydroxylation is 1. The molecule has 3 aromatic rings. The van der Waals surface area contributed by atoms with Gasteiger partial charge in [0.1, 0.15) is 5.82 Å². The van der Waals surface area contributed by atoms with Crippen LogP contribution >= 0.6 is 11.3 Å². The number of hydrogen-bond acceptors (Lipinski definition) is 7. The maximum atomic E-state index is 13.5. The fraction of sp³-hybridized carbons (Fsp3) is 0.462. The largest absolute Gasteiger partial charge is 0.383 e. The molecular weight excluding hydrogens is 448 g/mol.